The van der Waals surface area contributed by atoms with Crippen LogP contribution in [0.2, 0.25) is 0 Å². The molecule has 2 N–H and O–H groups in total. The molecule has 0 aliphatic heterocycles. The van der Waals surface area contributed by atoms with Gasteiger partial charge >= 0.3 is 0 Å². The largest absolute Gasteiger partial charge is 0.496 e. The summed E-state index contributed by atoms with van der Waals surface area (Å²) in [7, 11) is 1.66. The van der Waals surface area contributed by atoms with Crippen LogP contribution in [0.15, 0.2) is 30.6 Å². The highest BCUT2D eigenvalue weighted by molar-refractivity contribution is 5.87. The molecule has 3 nitrogen and oxygen atoms in total. The Morgan fingerprint density at radius 2 is 2.13 bits per heavy atom. The summed E-state index contributed by atoms with van der Waals surface area (Å²) in [5.41, 5.74) is 6.97. The predicted molar refractivity (Wildman–Crippen MR) is 60.9 cm³/mol. The second kappa shape index (κ2) is 3.87. The average molecular weight is 202 g/mol. The summed E-state index contributed by atoms with van der Waals surface area (Å²) in [6, 6.07) is 5.87. The number of methoxy groups -OCH3 is 1. The van der Waals surface area contributed by atoms with E-state index < -0.39 is 0 Å². The second-order valence-corrected chi connectivity index (χ2v) is 3.57. The molecule has 0 bridgehead atoms. The number of hydrogen-bond donors (Lipinski definition) is 1. The first-order valence-electron chi connectivity index (χ1n) is 4.90. The number of hydrogen-bond acceptors (Lipinski definition) is 3. The molecule has 0 aliphatic rings. The third-order valence-corrected chi connectivity index (χ3v) is 2.50. The van der Waals surface area contributed by atoms with Gasteiger partial charge < -0.3 is 10.5 Å². The van der Waals surface area contributed by atoms with Crippen molar-refractivity contribution >= 4 is 10.8 Å². The lowest BCUT2D eigenvalue weighted by molar-refractivity contribution is 0.408. The van der Waals surface area contributed by atoms with Gasteiger partial charge in [0.25, 0.3) is 0 Å². The monoisotopic (exact) mass is 202 g/mol. The second-order valence-electron chi connectivity index (χ2n) is 3.57. The van der Waals surface area contributed by atoms with Gasteiger partial charge in [0, 0.05) is 29.4 Å². The Balaban J connectivity index is 2.79. The van der Waals surface area contributed by atoms with Crippen molar-refractivity contribution in [3.05, 3.63) is 36.2 Å². The molecule has 3 heteroatoms. The SMILES string of the molecule is COc1ccc2ccncc2c1C(C)N. The van der Waals surface area contributed by atoms with Crippen molar-refractivity contribution in [1.82, 2.24) is 4.98 Å². The zero-order chi connectivity index (χ0) is 10.8. The summed E-state index contributed by atoms with van der Waals surface area (Å²) in [4.78, 5) is 4.12. The van der Waals surface area contributed by atoms with Gasteiger partial charge in [-0.25, -0.2) is 0 Å². The molecule has 1 aromatic carbocycles. The van der Waals surface area contributed by atoms with Crippen LogP contribution >= 0.6 is 0 Å². The highest BCUT2D eigenvalue weighted by Gasteiger charge is 2.11. The van der Waals surface area contributed by atoms with Crippen LogP contribution < -0.4 is 10.5 Å². The van der Waals surface area contributed by atoms with Gasteiger partial charge in [-0.2, -0.15) is 0 Å². The number of nitrogens with two attached hydrogens (primary N) is 1. The topological polar surface area (TPSA) is 48.1 Å². The summed E-state index contributed by atoms with van der Waals surface area (Å²) in [5, 5.41) is 2.20. The third-order valence-electron chi connectivity index (χ3n) is 2.50. The van der Waals surface area contributed by atoms with Crippen molar-refractivity contribution < 1.29 is 4.74 Å². The van der Waals surface area contributed by atoms with E-state index in [-0.39, 0.29) is 6.04 Å². The fraction of sp³-hybridized carbons (Fsp3) is 0.250. The summed E-state index contributed by atoms with van der Waals surface area (Å²) in [6.45, 7) is 1.95. The molecule has 0 fully saturated rings. The molecule has 1 aromatic heterocycles. The van der Waals surface area contributed by atoms with Crippen molar-refractivity contribution in [3.8, 4) is 5.75 Å². The van der Waals surface area contributed by atoms with E-state index in [4.69, 9.17) is 10.5 Å². The quantitative estimate of drug-likeness (QED) is 0.812. The van der Waals surface area contributed by atoms with E-state index in [1.807, 2.05) is 31.3 Å². The number of aromatic nitrogens is 1. The van der Waals surface area contributed by atoms with Crippen molar-refractivity contribution in [2.75, 3.05) is 7.11 Å². The van der Waals surface area contributed by atoms with E-state index in [1.54, 1.807) is 13.3 Å². The summed E-state index contributed by atoms with van der Waals surface area (Å²) in [6.07, 6.45) is 3.61. The van der Waals surface area contributed by atoms with Gasteiger partial charge in [-0.1, -0.05) is 6.07 Å². The summed E-state index contributed by atoms with van der Waals surface area (Å²) in [5.74, 6) is 0.825. The summed E-state index contributed by atoms with van der Waals surface area (Å²) >= 11 is 0. The number of rotatable bonds is 2. The standard InChI is InChI=1S/C12H14N2O/c1-8(13)12-10-7-14-6-5-9(10)3-4-11(12)15-2/h3-8H,13H2,1-2H3. The lowest BCUT2D eigenvalue weighted by Crippen LogP contribution is -2.07. The minimum Gasteiger partial charge on any atom is -0.496 e. The maximum Gasteiger partial charge on any atom is 0.124 e. The highest BCUT2D eigenvalue weighted by Crippen LogP contribution is 2.31. The Bertz CT molecular complexity index is 480. The van der Waals surface area contributed by atoms with E-state index in [0.29, 0.717) is 0 Å². The van der Waals surface area contributed by atoms with Crippen molar-refractivity contribution in [1.29, 1.82) is 0 Å². The number of fused-ring (bicyclic) bond motifs is 1. The molecule has 0 saturated heterocycles. The molecule has 78 valence electrons. The van der Waals surface area contributed by atoms with Crippen LogP contribution in [0.5, 0.6) is 5.75 Å². The number of nitrogens with zero attached hydrogens (tertiary/aromatic N) is 1. The van der Waals surface area contributed by atoms with Gasteiger partial charge in [-0.15, -0.1) is 0 Å². The molecule has 1 heterocycles. The van der Waals surface area contributed by atoms with Crippen molar-refractivity contribution in [3.63, 3.8) is 0 Å². The van der Waals surface area contributed by atoms with Crippen LogP contribution in [0.25, 0.3) is 10.8 Å². The fourth-order valence-electron chi connectivity index (χ4n) is 1.81. The van der Waals surface area contributed by atoms with Gasteiger partial charge in [0.2, 0.25) is 0 Å². The van der Waals surface area contributed by atoms with E-state index in [9.17, 15) is 0 Å². The molecular weight excluding hydrogens is 188 g/mol. The normalized spacial score (nSPS) is 12.7. The van der Waals surface area contributed by atoms with Gasteiger partial charge in [-0.05, 0) is 24.4 Å². The molecule has 0 aliphatic carbocycles. The fourth-order valence-corrected chi connectivity index (χ4v) is 1.81. The first-order chi connectivity index (χ1) is 7.24. The third kappa shape index (κ3) is 1.66. The molecule has 0 radical (unpaired) electrons. The first-order valence-corrected chi connectivity index (χ1v) is 4.90. The Morgan fingerprint density at radius 3 is 2.80 bits per heavy atom. The Morgan fingerprint density at radius 1 is 1.33 bits per heavy atom. The van der Waals surface area contributed by atoms with Crippen LogP contribution in [0.3, 0.4) is 0 Å². The van der Waals surface area contributed by atoms with Crippen LogP contribution in [-0.2, 0) is 0 Å². The van der Waals surface area contributed by atoms with Gasteiger partial charge in [0.15, 0.2) is 0 Å². The minimum atomic E-state index is -0.0622. The average Bonchev–Trinajstić information content (AvgIpc) is 2.27. The predicted octanol–water partition coefficient (Wildman–Crippen LogP) is 2.26. The first kappa shape index (κ1) is 9.93. The Hall–Kier alpha value is -1.61. The zero-order valence-electron chi connectivity index (χ0n) is 8.90. The van der Waals surface area contributed by atoms with Gasteiger partial charge in [-0.3, -0.25) is 4.98 Å². The summed E-state index contributed by atoms with van der Waals surface area (Å²) < 4.78 is 5.31. The lowest BCUT2D eigenvalue weighted by atomic mass is 10.0. The van der Waals surface area contributed by atoms with Crippen LogP contribution in [0.4, 0.5) is 0 Å². The van der Waals surface area contributed by atoms with Crippen LogP contribution in [0, 0.1) is 0 Å². The van der Waals surface area contributed by atoms with Crippen LogP contribution in [-0.4, -0.2) is 12.1 Å². The number of pyridine rings is 1. The highest BCUT2D eigenvalue weighted by atomic mass is 16.5. The molecule has 2 rings (SSSR count). The number of benzene rings is 1. The van der Waals surface area contributed by atoms with Gasteiger partial charge in [0.05, 0.1) is 7.11 Å². The molecule has 15 heavy (non-hydrogen) atoms. The zero-order valence-corrected chi connectivity index (χ0v) is 8.90. The van der Waals surface area contributed by atoms with Gasteiger partial charge in [0.1, 0.15) is 5.75 Å². The Labute approximate surface area is 88.9 Å². The maximum atomic E-state index is 5.95. The smallest absolute Gasteiger partial charge is 0.124 e. The maximum absolute atomic E-state index is 5.95. The minimum absolute atomic E-state index is 0.0622. The molecule has 1 atom stereocenters. The lowest BCUT2D eigenvalue weighted by Gasteiger charge is -2.14. The molecule has 0 amide bonds. The molecule has 0 saturated carbocycles. The van der Waals surface area contributed by atoms with Crippen molar-refractivity contribution in [2.24, 2.45) is 5.73 Å². The van der Waals surface area contributed by atoms with E-state index in [1.165, 1.54) is 0 Å². The van der Waals surface area contributed by atoms with E-state index >= 15 is 0 Å². The van der Waals surface area contributed by atoms with Crippen LogP contribution in [0.1, 0.15) is 18.5 Å². The molecular formula is C12H14N2O. The van der Waals surface area contributed by atoms with E-state index in [2.05, 4.69) is 4.98 Å². The molecule has 2 aromatic rings. The molecule has 1 unspecified atom stereocenters. The molecule has 0 spiro atoms. The Kier molecular flexibility index (Phi) is 2.56. The van der Waals surface area contributed by atoms with E-state index in [0.717, 1.165) is 22.1 Å². The number of ether oxygens (including phenoxy) is 1. The van der Waals surface area contributed by atoms with Crippen molar-refractivity contribution in [2.45, 2.75) is 13.0 Å².